The third kappa shape index (κ3) is 4.79. The molecule has 1 aliphatic rings. The van der Waals surface area contributed by atoms with Gasteiger partial charge in [-0.2, -0.15) is 4.31 Å². The second-order valence-corrected chi connectivity index (χ2v) is 10.3. The number of sulfonamides is 1. The molecular formula is C22H24N4O3S2. The molecular weight excluding hydrogens is 432 g/mol. The van der Waals surface area contributed by atoms with Gasteiger partial charge in [-0.05, 0) is 19.1 Å². The molecule has 0 bridgehead atoms. The predicted molar refractivity (Wildman–Crippen MR) is 121 cm³/mol. The Morgan fingerprint density at radius 3 is 2.26 bits per heavy atom. The molecule has 9 heteroatoms. The highest BCUT2D eigenvalue weighted by molar-refractivity contribution is 7.89. The predicted octanol–water partition coefficient (Wildman–Crippen LogP) is 3.33. The molecule has 0 unspecified atom stereocenters. The van der Waals surface area contributed by atoms with Crippen molar-refractivity contribution in [3.8, 4) is 10.6 Å². The van der Waals surface area contributed by atoms with Crippen LogP contribution in [0.25, 0.3) is 10.6 Å². The quantitative estimate of drug-likeness (QED) is 0.638. The third-order valence-electron chi connectivity index (χ3n) is 5.22. The first-order valence-corrected chi connectivity index (χ1v) is 12.3. The van der Waals surface area contributed by atoms with Crippen LogP contribution in [0.3, 0.4) is 0 Å². The lowest BCUT2D eigenvalue weighted by atomic mass is 10.2. The van der Waals surface area contributed by atoms with Crippen molar-refractivity contribution in [3.05, 3.63) is 71.2 Å². The smallest absolute Gasteiger partial charge is 0.317 e. The van der Waals surface area contributed by atoms with Gasteiger partial charge in [0, 0.05) is 36.6 Å². The second-order valence-electron chi connectivity index (χ2n) is 7.26. The van der Waals surface area contributed by atoms with Gasteiger partial charge in [0.25, 0.3) is 0 Å². The Kier molecular flexibility index (Phi) is 6.35. The van der Waals surface area contributed by atoms with Crippen LogP contribution in [-0.2, 0) is 16.6 Å². The molecule has 7 nitrogen and oxygen atoms in total. The molecule has 1 aliphatic heterocycles. The molecule has 1 N–H and O–H groups in total. The standard InChI is InChI=1S/C22H24N4O3S2/c1-17-20(30-21(24-17)18-8-4-2-5-9-18)16-23-22(27)25-12-14-26(15-13-25)31(28,29)19-10-6-3-7-11-19/h2-11H,12-16H2,1H3,(H,23,27). The molecule has 0 atom stereocenters. The van der Waals surface area contributed by atoms with Crippen molar-refractivity contribution in [2.45, 2.75) is 18.4 Å². The number of aromatic nitrogens is 1. The molecule has 162 valence electrons. The van der Waals surface area contributed by atoms with E-state index in [9.17, 15) is 13.2 Å². The lowest BCUT2D eigenvalue weighted by Gasteiger charge is -2.34. The molecule has 1 saturated heterocycles. The van der Waals surface area contributed by atoms with E-state index in [1.165, 1.54) is 4.31 Å². The van der Waals surface area contributed by atoms with Crippen LogP contribution < -0.4 is 5.32 Å². The molecule has 3 aromatic rings. The number of rotatable bonds is 5. The molecule has 0 aliphatic carbocycles. The van der Waals surface area contributed by atoms with Gasteiger partial charge in [0.15, 0.2) is 0 Å². The van der Waals surface area contributed by atoms with Crippen molar-refractivity contribution in [2.75, 3.05) is 26.2 Å². The fourth-order valence-electron chi connectivity index (χ4n) is 3.44. The highest BCUT2D eigenvalue weighted by Crippen LogP contribution is 2.27. The number of carbonyl (C=O) groups excluding carboxylic acids is 1. The van der Waals surface area contributed by atoms with Crippen molar-refractivity contribution in [3.63, 3.8) is 0 Å². The number of carbonyl (C=O) groups is 1. The molecule has 1 fully saturated rings. The number of nitrogens with zero attached hydrogens (tertiary/aromatic N) is 3. The van der Waals surface area contributed by atoms with Crippen molar-refractivity contribution < 1.29 is 13.2 Å². The monoisotopic (exact) mass is 456 g/mol. The summed E-state index contributed by atoms with van der Waals surface area (Å²) in [5, 5.41) is 3.88. The molecule has 0 radical (unpaired) electrons. The van der Waals surface area contributed by atoms with Gasteiger partial charge in [-0.1, -0.05) is 48.5 Å². The summed E-state index contributed by atoms with van der Waals surface area (Å²) in [5.41, 5.74) is 1.96. The number of hydrogen-bond donors (Lipinski definition) is 1. The van der Waals surface area contributed by atoms with E-state index in [0.29, 0.717) is 19.6 Å². The van der Waals surface area contributed by atoms with Gasteiger partial charge < -0.3 is 10.2 Å². The maximum atomic E-state index is 12.7. The largest absolute Gasteiger partial charge is 0.333 e. The highest BCUT2D eigenvalue weighted by atomic mass is 32.2. The number of piperazine rings is 1. The summed E-state index contributed by atoms with van der Waals surface area (Å²) in [6, 6.07) is 18.2. The Morgan fingerprint density at radius 1 is 1.00 bits per heavy atom. The number of urea groups is 1. The minimum absolute atomic E-state index is 0.189. The SMILES string of the molecule is Cc1nc(-c2ccccc2)sc1CNC(=O)N1CCN(S(=O)(=O)c2ccccc2)CC1. The summed E-state index contributed by atoms with van der Waals surface area (Å²) in [7, 11) is -3.53. The van der Waals surface area contributed by atoms with Crippen LogP contribution in [0, 0.1) is 6.92 Å². The highest BCUT2D eigenvalue weighted by Gasteiger charge is 2.30. The number of aryl methyl sites for hydroxylation is 1. The third-order valence-corrected chi connectivity index (χ3v) is 8.34. The van der Waals surface area contributed by atoms with Crippen LogP contribution in [-0.4, -0.2) is 54.8 Å². The Morgan fingerprint density at radius 2 is 1.61 bits per heavy atom. The van der Waals surface area contributed by atoms with Crippen LogP contribution in [0.15, 0.2) is 65.6 Å². The number of nitrogens with one attached hydrogen (secondary N) is 1. The van der Waals surface area contributed by atoms with E-state index in [4.69, 9.17) is 0 Å². The molecule has 4 rings (SSSR count). The first kappa shape index (κ1) is 21.5. The van der Waals surface area contributed by atoms with Crippen LogP contribution in [0.5, 0.6) is 0 Å². The topological polar surface area (TPSA) is 82.6 Å². The normalized spacial score (nSPS) is 15.1. The van der Waals surface area contributed by atoms with Crippen LogP contribution in [0.2, 0.25) is 0 Å². The van der Waals surface area contributed by atoms with E-state index in [0.717, 1.165) is 21.1 Å². The molecule has 31 heavy (non-hydrogen) atoms. The molecule has 0 spiro atoms. The zero-order valence-electron chi connectivity index (χ0n) is 17.2. The van der Waals surface area contributed by atoms with E-state index >= 15 is 0 Å². The summed E-state index contributed by atoms with van der Waals surface area (Å²) < 4.78 is 26.9. The van der Waals surface area contributed by atoms with E-state index in [-0.39, 0.29) is 24.0 Å². The number of amides is 2. The zero-order chi connectivity index (χ0) is 21.8. The Balaban J connectivity index is 1.32. The van der Waals surface area contributed by atoms with E-state index in [1.807, 2.05) is 37.3 Å². The number of benzene rings is 2. The van der Waals surface area contributed by atoms with Crippen LogP contribution in [0.4, 0.5) is 4.79 Å². The fraction of sp³-hybridized carbons (Fsp3) is 0.273. The molecule has 2 aromatic carbocycles. The van der Waals surface area contributed by atoms with E-state index in [1.54, 1.807) is 46.6 Å². The van der Waals surface area contributed by atoms with Crippen molar-refractivity contribution in [1.82, 2.24) is 19.5 Å². The van der Waals surface area contributed by atoms with Crippen LogP contribution >= 0.6 is 11.3 Å². The van der Waals surface area contributed by atoms with E-state index in [2.05, 4.69) is 10.3 Å². The fourth-order valence-corrected chi connectivity index (χ4v) is 5.89. The van der Waals surface area contributed by atoms with Crippen molar-refractivity contribution in [1.29, 1.82) is 0 Å². The van der Waals surface area contributed by atoms with Gasteiger partial charge >= 0.3 is 6.03 Å². The maximum absolute atomic E-state index is 12.7. The minimum atomic E-state index is -3.53. The average Bonchev–Trinajstić information content (AvgIpc) is 3.19. The summed E-state index contributed by atoms with van der Waals surface area (Å²) in [5.74, 6) is 0. The average molecular weight is 457 g/mol. The number of thiazole rings is 1. The Labute approximate surface area is 186 Å². The van der Waals surface area contributed by atoms with Gasteiger partial charge in [0.1, 0.15) is 5.01 Å². The van der Waals surface area contributed by atoms with Crippen molar-refractivity contribution >= 4 is 27.4 Å². The Hall–Kier alpha value is -2.75. The summed E-state index contributed by atoms with van der Waals surface area (Å²) >= 11 is 1.57. The molecule has 1 aromatic heterocycles. The van der Waals surface area contributed by atoms with Crippen LogP contribution in [0.1, 0.15) is 10.6 Å². The first-order chi connectivity index (χ1) is 14.9. The maximum Gasteiger partial charge on any atom is 0.317 e. The van der Waals surface area contributed by atoms with Gasteiger partial charge in [0.2, 0.25) is 10.0 Å². The minimum Gasteiger partial charge on any atom is -0.333 e. The second kappa shape index (κ2) is 9.17. The zero-order valence-corrected chi connectivity index (χ0v) is 18.8. The lowest BCUT2D eigenvalue weighted by Crippen LogP contribution is -2.52. The summed E-state index contributed by atoms with van der Waals surface area (Å²) in [4.78, 5) is 20.2. The Bertz CT molecular complexity index is 1140. The van der Waals surface area contributed by atoms with E-state index < -0.39 is 10.0 Å². The lowest BCUT2D eigenvalue weighted by molar-refractivity contribution is 0.172. The van der Waals surface area contributed by atoms with Gasteiger partial charge in [-0.3, -0.25) is 0 Å². The summed E-state index contributed by atoms with van der Waals surface area (Å²) in [6.45, 7) is 3.61. The number of hydrogen-bond acceptors (Lipinski definition) is 5. The molecule has 2 heterocycles. The first-order valence-electron chi connectivity index (χ1n) is 10.0. The molecule has 0 saturated carbocycles. The van der Waals surface area contributed by atoms with Crippen molar-refractivity contribution in [2.24, 2.45) is 0 Å². The van der Waals surface area contributed by atoms with Gasteiger partial charge in [0.05, 0.1) is 17.1 Å². The molecule has 2 amide bonds. The van der Waals surface area contributed by atoms with Gasteiger partial charge in [-0.15, -0.1) is 11.3 Å². The summed E-state index contributed by atoms with van der Waals surface area (Å²) in [6.07, 6.45) is 0. The van der Waals surface area contributed by atoms with Gasteiger partial charge in [-0.25, -0.2) is 18.2 Å².